The predicted molar refractivity (Wildman–Crippen MR) is 150 cm³/mol. The molecule has 1 aliphatic carbocycles. The van der Waals surface area contributed by atoms with Crippen molar-refractivity contribution in [1.82, 2.24) is 10.2 Å². The van der Waals surface area contributed by atoms with Crippen LogP contribution in [0.25, 0.3) is 0 Å². The van der Waals surface area contributed by atoms with E-state index in [0.29, 0.717) is 26.3 Å². The molecule has 11 heteroatoms. The summed E-state index contributed by atoms with van der Waals surface area (Å²) < 4.78 is 26.1. The van der Waals surface area contributed by atoms with Gasteiger partial charge in [-0.05, 0) is 62.6 Å². The number of rotatable bonds is 11. The molecule has 0 saturated heterocycles. The Morgan fingerprint density at radius 2 is 1.62 bits per heavy atom. The van der Waals surface area contributed by atoms with E-state index in [1.807, 2.05) is 0 Å². The molecule has 0 heterocycles. The van der Waals surface area contributed by atoms with Gasteiger partial charge in [-0.15, -0.1) is 0 Å². The molecule has 0 spiro atoms. The Labute approximate surface area is 234 Å². The maximum Gasteiger partial charge on any atom is 0.242 e. The fourth-order valence-electron chi connectivity index (χ4n) is 4.44. The SMILES string of the molecule is CC(C(=O)NC1CCCC1)N(Cc1c(Cl)cccc1Cl)C(=O)CCCN(c1ccc(Cl)cc1)S(C)(=O)=O. The van der Waals surface area contributed by atoms with E-state index < -0.39 is 16.1 Å². The molecule has 1 saturated carbocycles. The molecule has 7 nitrogen and oxygen atoms in total. The zero-order valence-corrected chi connectivity index (χ0v) is 24.0. The van der Waals surface area contributed by atoms with Crippen LogP contribution in [0.3, 0.4) is 0 Å². The van der Waals surface area contributed by atoms with Gasteiger partial charge >= 0.3 is 0 Å². The van der Waals surface area contributed by atoms with Gasteiger partial charge in [0.25, 0.3) is 0 Å². The van der Waals surface area contributed by atoms with Gasteiger partial charge < -0.3 is 10.2 Å². The first-order chi connectivity index (χ1) is 17.5. The monoisotopic (exact) mass is 587 g/mol. The summed E-state index contributed by atoms with van der Waals surface area (Å²) >= 11 is 18.7. The Kier molecular flexibility index (Phi) is 10.5. The highest BCUT2D eigenvalue weighted by Gasteiger charge is 2.29. The molecule has 202 valence electrons. The molecular weight excluding hydrogens is 557 g/mol. The number of carbonyl (C=O) groups excluding carboxylic acids is 2. The number of amides is 2. The number of nitrogens with one attached hydrogen (secondary N) is 1. The quantitative estimate of drug-likeness (QED) is 0.367. The average molecular weight is 589 g/mol. The molecule has 0 aromatic heterocycles. The standard InChI is InChI=1S/C26H32Cl3N3O4S/c1-18(26(34)30-20-7-3-4-8-20)31(17-22-23(28)9-5-10-24(22)29)25(33)11-6-16-32(37(2,35)36)21-14-12-19(27)13-15-21/h5,9-10,12-15,18,20H,3-4,6-8,11,16-17H2,1-2H3,(H,30,34). The molecular formula is C26H32Cl3N3O4S. The first kappa shape index (κ1) is 29.6. The van der Waals surface area contributed by atoms with Crippen molar-refractivity contribution >= 4 is 62.3 Å². The number of hydrogen-bond acceptors (Lipinski definition) is 4. The molecule has 3 rings (SSSR count). The molecule has 2 aromatic carbocycles. The van der Waals surface area contributed by atoms with E-state index in [9.17, 15) is 18.0 Å². The van der Waals surface area contributed by atoms with E-state index in [1.165, 1.54) is 9.21 Å². The molecule has 37 heavy (non-hydrogen) atoms. The van der Waals surface area contributed by atoms with E-state index >= 15 is 0 Å². The molecule has 0 radical (unpaired) electrons. The van der Waals surface area contributed by atoms with Crippen LogP contribution in [-0.4, -0.2) is 50.0 Å². The van der Waals surface area contributed by atoms with Crippen molar-refractivity contribution in [3.05, 3.63) is 63.1 Å². The second-order valence-electron chi connectivity index (χ2n) is 9.30. The molecule has 1 atom stereocenters. The molecule has 1 aliphatic rings. The fourth-order valence-corrected chi connectivity index (χ4v) is 6.05. The summed E-state index contributed by atoms with van der Waals surface area (Å²) in [5.74, 6) is -0.531. The lowest BCUT2D eigenvalue weighted by molar-refractivity contribution is -0.140. The number of halogens is 3. The van der Waals surface area contributed by atoms with Gasteiger partial charge in [0, 0.05) is 46.2 Å². The van der Waals surface area contributed by atoms with Crippen LogP contribution in [0.2, 0.25) is 15.1 Å². The van der Waals surface area contributed by atoms with E-state index in [2.05, 4.69) is 5.32 Å². The van der Waals surface area contributed by atoms with Gasteiger partial charge in [-0.1, -0.05) is 53.7 Å². The molecule has 0 aliphatic heterocycles. The summed E-state index contributed by atoms with van der Waals surface area (Å²) in [7, 11) is -3.59. The maximum absolute atomic E-state index is 13.4. The van der Waals surface area contributed by atoms with Crippen LogP contribution in [0.1, 0.15) is 51.0 Å². The predicted octanol–water partition coefficient (Wildman–Crippen LogP) is 5.67. The lowest BCUT2D eigenvalue weighted by Crippen LogP contribution is -2.49. The van der Waals surface area contributed by atoms with Crippen LogP contribution in [0.15, 0.2) is 42.5 Å². The third kappa shape index (κ3) is 8.24. The van der Waals surface area contributed by atoms with Crippen molar-refractivity contribution in [2.24, 2.45) is 0 Å². The lowest BCUT2D eigenvalue weighted by Gasteiger charge is -2.30. The number of hydrogen-bond donors (Lipinski definition) is 1. The molecule has 1 N–H and O–H groups in total. The Hall–Kier alpha value is -2.00. The Bertz CT molecular complexity index is 1180. The minimum Gasteiger partial charge on any atom is -0.352 e. The van der Waals surface area contributed by atoms with Gasteiger partial charge in [0.1, 0.15) is 6.04 Å². The van der Waals surface area contributed by atoms with Gasteiger partial charge in [0.15, 0.2) is 0 Å². The Morgan fingerprint density at radius 3 is 2.19 bits per heavy atom. The Morgan fingerprint density at radius 1 is 1.03 bits per heavy atom. The highest BCUT2D eigenvalue weighted by Crippen LogP contribution is 2.27. The summed E-state index contributed by atoms with van der Waals surface area (Å²) in [4.78, 5) is 28.0. The van der Waals surface area contributed by atoms with E-state index in [1.54, 1.807) is 49.4 Å². The third-order valence-electron chi connectivity index (χ3n) is 6.53. The first-order valence-corrected chi connectivity index (χ1v) is 15.2. The summed E-state index contributed by atoms with van der Waals surface area (Å²) in [5.41, 5.74) is 1.02. The van der Waals surface area contributed by atoms with Crippen LogP contribution in [0.5, 0.6) is 0 Å². The van der Waals surface area contributed by atoms with Crippen LogP contribution in [-0.2, 0) is 26.2 Å². The number of sulfonamides is 1. The van der Waals surface area contributed by atoms with Crippen LogP contribution >= 0.6 is 34.8 Å². The average Bonchev–Trinajstić information content (AvgIpc) is 3.34. The van der Waals surface area contributed by atoms with Crippen molar-refractivity contribution in [3.63, 3.8) is 0 Å². The van der Waals surface area contributed by atoms with Crippen LogP contribution < -0.4 is 9.62 Å². The van der Waals surface area contributed by atoms with Gasteiger partial charge in [0.2, 0.25) is 21.8 Å². The molecule has 1 unspecified atom stereocenters. The third-order valence-corrected chi connectivity index (χ3v) is 8.68. The van der Waals surface area contributed by atoms with Crippen molar-refractivity contribution < 1.29 is 18.0 Å². The number of nitrogens with zero attached hydrogens (tertiary/aromatic N) is 2. The highest BCUT2D eigenvalue weighted by atomic mass is 35.5. The highest BCUT2D eigenvalue weighted by molar-refractivity contribution is 7.92. The van der Waals surface area contributed by atoms with Crippen molar-refractivity contribution in [2.75, 3.05) is 17.1 Å². The second-order valence-corrected chi connectivity index (χ2v) is 12.5. The zero-order valence-electron chi connectivity index (χ0n) is 20.9. The van der Waals surface area contributed by atoms with Crippen LogP contribution in [0.4, 0.5) is 5.69 Å². The van der Waals surface area contributed by atoms with Gasteiger partial charge in [-0.2, -0.15) is 0 Å². The molecule has 0 bridgehead atoms. The minimum absolute atomic E-state index is 0.0305. The topological polar surface area (TPSA) is 86.8 Å². The largest absolute Gasteiger partial charge is 0.352 e. The fraction of sp³-hybridized carbons (Fsp3) is 0.462. The van der Waals surface area contributed by atoms with E-state index in [-0.39, 0.29) is 43.8 Å². The summed E-state index contributed by atoms with van der Waals surface area (Å²) in [6.45, 7) is 1.84. The van der Waals surface area contributed by atoms with Gasteiger partial charge in [-0.3, -0.25) is 13.9 Å². The number of benzene rings is 2. The molecule has 2 amide bonds. The van der Waals surface area contributed by atoms with Crippen LogP contribution in [0, 0.1) is 0 Å². The smallest absolute Gasteiger partial charge is 0.242 e. The van der Waals surface area contributed by atoms with E-state index in [4.69, 9.17) is 34.8 Å². The zero-order chi connectivity index (χ0) is 27.2. The van der Waals surface area contributed by atoms with Crippen molar-refractivity contribution in [1.29, 1.82) is 0 Å². The normalized spacial score (nSPS) is 14.8. The van der Waals surface area contributed by atoms with Gasteiger partial charge in [0.05, 0.1) is 11.9 Å². The maximum atomic E-state index is 13.4. The van der Waals surface area contributed by atoms with Crippen molar-refractivity contribution in [2.45, 2.75) is 64.1 Å². The second kappa shape index (κ2) is 13.2. The summed E-state index contributed by atoms with van der Waals surface area (Å²) in [5, 5.41) is 4.35. The summed E-state index contributed by atoms with van der Waals surface area (Å²) in [6, 6.07) is 10.9. The van der Waals surface area contributed by atoms with Crippen molar-refractivity contribution in [3.8, 4) is 0 Å². The number of anilines is 1. The molecule has 1 fully saturated rings. The Balaban J connectivity index is 1.75. The first-order valence-electron chi connectivity index (χ1n) is 12.2. The van der Waals surface area contributed by atoms with E-state index in [0.717, 1.165) is 31.9 Å². The minimum atomic E-state index is -3.59. The number of carbonyl (C=O) groups is 2. The molecule has 2 aromatic rings. The lowest BCUT2D eigenvalue weighted by atomic mass is 10.1. The van der Waals surface area contributed by atoms with Gasteiger partial charge in [-0.25, -0.2) is 8.42 Å². The summed E-state index contributed by atoms with van der Waals surface area (Å²) in [6.07, 6.45) is 5.39.